The SMILES string of the molecule is Cl.Cn1c(=O)oc2cc(S(=O)(=O)N3CCC4CCC(C3)N4)ccc21. The molecule has 2 aliphatic rings. The molecule has 7 nitrogen and oxygen atoms in total. The van der Waals surface area contributed by atoms with Crippen LogP contribution >= 0.6 is 12.4 Å². The number of fused-ring (bicyclic) bond motifs is 3. The summed E-state index contributed by atoms with van der Waals surface area (Å²) in [5, 5.41) is 3.48. The van der Waals surface area contributed by atoms with E-state index in [9.17, 15) is 13.2 Å². The number of nitrogens with one attached hydrogen (secondary N) is 1. The van der Waals surface area contributed by atoms with E-state index in [1.54, 1.807) is 23.5 Å². The summed E-state index contributed by atoms with van der Waals surface area (Å²) in [6.07, 6.45) is 2.97. The van der Waals surface area contributed by atoms with Crippen LogP contribution < -0.4 is 11.1 Å². The molecule has 0 spiro atoms. The fourth-order valence-electron chi connectivity index (χ4n) is 3.55. The van der Waals surface area contributed by atoms with E-state index in [2.05, 4.69) is 5.32 Å². The second-order valence-electron chi connectivity index (χ2n) is 6.35. The molecular weight excluding hydrogens is 354 g/mol. The molecule has 0 amide bonds. The van der Waals surface area contributed by atoms with Crippen molar-refractivity contribution in [2.45, 2.75) is 36.2 Å². The first kappa shape index (κ1) is 17.5. The number of hydrogen-bond acceptors (Lipinski definition) is 5. The third-order valence-corrected chi connectivity index (χ3v) is 6.75. The Labute approximate surface area is 146 Å². The van der Waals surface area contributed by atoms with Crippen molar-refractivity contribution in [1.29, 1.82) is 0 Å². The second kappa shape index (κ2) is 6.18. The predicted octanol–water partition coefficient (Wildman–Crippen LogP) is 1.07. The quantitative estimate of drug-likeness (QED) is 0.851. The van der Waals surface area contributed by atoms with Gasteiger partial charge in [-0.3, -0.25) is 4.57 Å². The van der Waals surface area contributed by atoms with E-state index >= 15 is 0 Å². The van der Waals surface area contributed by atoms with Gasteiger partial charge in [0.15, 0.2) is 5.58 Å². The number of benzene rings is 1. The summed E-state index contributed by atoms with van der Waals surface area (Å²) in [5.41, 5.74) is 0.888. The summed E-state index contributed by atoms with van der Waals surface area (Å²) in [5.74, 6) is -0.495. The van der Waals surface area contributed by atoms with Crippen molar-refractivity contribution in [2.75, 3.05) is 13.1 Å². The molecule has 132 valence electrons. The number of aromatic nitrogens is 1. The Morgan fingerprint density at radius 2 is 1.96 bits per heavy atom. The van der Waals surface area contributed by atoms with Gasteiger partial charge in [0.1, 0.15) is 0 Å². The van der Waals surface area contributed by atoms with Gasteiger partial charge in [0.25, 0.3) is 0 Å². The highest BCUT2D eigenvalue weighted by Crippen LogP contribution is 2.26. The van der Waals surface area contributed by atoms with Crippen LogP contribution in [0.4, 0.5) is 0 Å². The normalized spacial score (nSPS) is 24.7. The van der Waals surface area contributed by atoms with Crippen LogP contribution in [0.2, 0.25) is 0 Å². The molecule has 4 rings (SSSR count). The summed E-state index contributed by atoms with van der Waals surface area (Å²) in [4.78, 5) is 11.7. The lowest BCUT2D eigenvalue weighted by Gasteiger charge is -2.23. The third kappa shape index (κ3) is 2.77. The van der Waals surface area contributed by atoms with Gasteiger partial charge in [0, 0.05) is 38.3 Å². The monoisotopic (exact) mass is 373 g/mol. The Kier molecular flexibility index (Phi) is 4.50. The maximum absolute atomic E-state index is 12.9. The molecule has 2 unspecified atom stereocenters. The Morgan fingerprint density at radius 1 is 1.21 bits per heavy atom. The van der Waals surface area contributed by atoms with Crippen LogP contribution in [0.3, 0.4) is 0 Å². The molecule has 3 heterocycles. The lowest BCUT2D eigenvalue weighted by Crippen LogP contribution is -2.39. The second-order valence-corrected chi connectivity index (χ2v) is 8.28. The largest absolute Gasteiger partial charge is 0.419 e. The number of halogens is 1. The van der Waals surface area contributed by atoms with E-state index in [1.165, 1.54) is 10.6 Å². The maximum atomic E-state index is 12.9. The minimum atomic E-state index is -3.58. The minimum absolute atomic E-state index is 0. The molecule has 0 saturated carbocycles. The van der Waals surface area contributed by atoms with Crippen LogP contribution in [0, 0.1) is 0 Å². The lowest BCUT2D eigenvalue weighted by atomic mass is 10.1. The molecule has 2 aliphatic heterocycles. The van der Waals surface area contributed by atoms with Crippen LogP contribution in [0.5, 0.6) is 0 Å². The fraction of sp³-hybridized carbons (Fsp3) is 0.533. The van der Waals surface area contributed by atoms with E-state index < -0.39 is 15.8 Å². The van der Waals surface area contributed by atoms with Crippen LogP contribution in [0.15, 0.2) is 32.3 Å². The summed E-state index contributed by atoms with van der Waals surface area (Å²) in [6, 6.07) is 5.27. The Morgan fingerprint density at radius 3 is 2.75 bits per heavy atom. The fourth-order valence-corrected chi connectivity index (χ4v) is 5.07. The number of nitrogens with zero attached hydrogens (tertiary/aromatic N) is 2. The van der Waals surface area contributed by atoms with Crippen LogP contribution in [0.1, 0.15) is 19.3 Å². The zero-order valence-corrected chi connectivity index (χ0v) is 14.9. The Bertz CT molecular complexity index is 920. The van der Waals surface area contributed by atoms with Gasteiger partial charge in [-0.1, -0.05) is 0 Å². The molecule has 2 aromatic rings. The third-order valence-electron chi connectivity index (χ3n) is 4.89. The maximum Gasteiger partial charge on any atom is 0.419 e. The van der Waals surface area contributed by atoms with E-state index in [-0.39, 0.29) is 23.3 Å². The Balaban J connectivity index is 0.00000169. The van der Waals surface area contributed by atoms with Gasteiger partial charge in [-0.15, -0.1) is 12.4 Å². The molecule has 9 heteroatoms. The topological polar surface area (TPSA) is 84.5 Å². The number of rotatable bonds is 2. The van der Waals surface area contributed by atoms with Gasteiger partial charge in [0.2, 0.25) is 10.0 Å². The Hall–Kier alpha value is -1.35. The highest BCUT2D eigenvalue weighted by Gasteiger charge is 2.35. The number of sulfonamides is 1. The van der Waals surface area contributed by atoms with Gasteiger partial charge in [-0.25, -0.2) is 13.2 Å². The number of oxazole rings is 1. The molecule has 1 aromatic heterocycles. The van der Waals surface area contributed by atoms with Gasteiger partial charge >= 0.3 is 5.76 Å². The molecule has 2 bridgehead atoms. The molecule has 1 aromatic carbocycles. The van der Waals surface area contributed by atoms with Crippen molar-refractivity contribution in [3.05, 3.63) is 28.7 Å². The molecule has 0 radical (unpaired) electrons. The first-order chi connectivity index (χ1) is 10.9. The smallest absolute Gasteiger partial charge is 0.408 e. The highest BCUT2D eigenvalue weighted by atomic mass is 35.5. The summed E-state index contributed by atoms with van der Waals surface area (Å²) in [6.45, 7) is 1.02. The molecule has 2 atom stereocenters. The van der Waals surface area contributed by atoms with E-state index in [4.69, 9.17) is 4.42 Å². The van der Waals surface area contributed by atoms with Crippen LogP contribution in [-0.4, -0.2) is 42.5 Å². The van der Waals surface area contributed by atoms with Crippen molar-refractivity contribution >= 4 is 33.5 Å². The van der Waals surface area contributed by atoms with Crippen molar-refractivity contribution in [3.8, 4) is 0 Å². The summed E-state index contributed by atoms with van der Waals surface area (Å²) >= 11 is 0. The minimum Gasteiger partial charge on any atom is -0.408 e. The van der Waals surface area contributed by atoms with Gasteiger partial charge < -0.3 is 9.73 Å². The first-order valence-corrected chi connectivity index (χ1v) is 9.25. The molecule has 0 aliphatic carbocycles. The van der Waals surface area contributed by atoms with Gasteiger partial charge in [0.05, 0.1) is 10.4 Å². The zero-order valence-electron chi connectivity index (χ0n) is 13.3. The first-order valence-electron chi connectivity index (χ1n) is 7.81. The number of hydrogen-bond donors (Lipinski definition) is 1. The average Bonchev–Trinajstić information content (AvgIpc) is 2.98. The standard InChI is InChI=1S/C15H19N3O4S.ClH/c1-17-13-5-4-12(8-14(13)22-15(17)19)23(20,21)18-7-6-10-2-3-11(9-18)16-10;/h4-5,8,10-11,16H,2-3,6-7,9H2,1H3;1H. The van der Waals surface area contributed by atoms with Gasteiger partial charge in [-0.2, -0.15) is 4.31 Å². The molecule has 1 N–H and O–H groups in total. The van der Waals surface area contributed by atoms with E-state index in [1.807, 2.05) is 0 Å². The molecule has 2 fully saturated rings. The van der Waals surface area contributed by atoms with Crippen molar-refractivity contribution in [1.82, 2.24) is 14.2 Å². The molecule has 2 saturated heterocycles. The van der Waals surface area contributed by atoms with Crippen molar-refractivity contribution in [3.63, 3.8) is 0 Å². The van der Waals surface area contributed by atoms with Crippen molar-refractivity contribution < 1.29 is 12.8 Å². The van der Waals surface area contributed by atoms with E-state index in [0.29, 0.717) is 30.2 Å². The van der Waals surface area contributed by atoms with Crippen LogP contribution in [0.25, 0.3) is 11.1 Å². The number of aryl methyl sites for hydroxylation is 1. The summed E-state index contributed by atoms with van der Waals surface area (Å²) < 4.78 is 33.9. The predicted molar refractivity (Wildman–Crippen MR) is 92.0 cm³/mol. The van der Waals surface area contributed by atoms with E-state index in [0.717, 1.165) is 19.3 Å². The lowest BCUT2D eigenvalue weighted by molar-refractivity contribution is 0.383. The average molecular weight is 374 g/mol. The highest BCUT2D eigenvalue weighted by molar-refractivity contribution is 7.89. The van der Waals surface area contributed by atoms with Gasteiger partial charge in [-0.05, 0) is 31.4 Å². The molecular formula is C15H20ClN3O4S. The van der Waals surface area contributed by atoms with Crippen LogP contribution in [-0.2, 0) is 17.1 Å². The molecule has 24 heavy (non-hydrogen) atoms. The van der Waals surface area contributed by atoms with Crippen molar-refractivity contribution in [2.24, 2.45) is 7.05 Å². The zero-order chi connectivity index (χ0) is 16.2. The summed E-state index contributed by atoms with van der Waals surface area (Å²) in [7, 11) is -1.98.